The Hall–Kier alpha value is -0.860. The van der Waals surface area contributed by atoms with E-state index in [-0.39, 0.29) is 0 Å². The Bertz CT molecular complexity index is 370. The molecule has 1 rings (SSSR count). The fourth-order valence-corrected chi connectivity index (χ4v) is 2.66. The molecule has 114 valence electrons. The van der Waals surface area contributed by atoms with Crippen molar-refractivity contribution >= 4 is 0 Å². The van der Waals surface area contributed by atoms with E-state index in [0.717, 1.165) is 19.0 Å². The zero-order valence-corrected chi connectivity index (χ0v) is 14.1. The van der Waals surface area contributed by atoms with Gasteiger partial charge in [0.25, 0.3) is 0 Å². The summed E-state index contributed by atoms with van der Waals surface area (Å²) < 4.78 is 0. The Kier molecular flexibility index (Phi) is 7.25. The van der Waals surface area contributed by atoms with Gasteiger partial charge in [-0.15, -0.1) is 0 Å². The predicted molar refractivity (Wildman–Crippen MR) is 89.1 cm³/mol. The molecule has 0 radical (unpaired) electrons. The predicted octanol–water partition coefficient (Wildman–Crippen LogP) is 4.01. The van der Waals surface area contributed by atoms with Gasteiger partial charge in [-0.05, 0) is 45.3 Å². The molecule has 2 atom stereocenters. The van der Waals surface area contributed by atoms with Gasteiger partial charge in [0.2, 0.25) is 0 Å². The molecule has 2 nitrogen and oxygen atoms in total. The second kappa shape index (κ2) is 8.43. The Morgan fingerprint density at radius 1 is 1.10 bits per heavy atom. The summed E-state index contributed by atoms with van der Waals surface area (Å²) >= 11 is 0. The molecular weight excluding hydrogens is 244 g/mol. The zero-order valence-electron chi connectivity index (χ0n) is 14.1. The van der Waals surface area contributed by atoms with Crippen molar-refractivity contribution in [3.63, 3.8) is 0 Å². The first-order chi connectivity index (χ1) is 9.43. The minimum absolute atomic E-state index is 0.417. The third-order valence-corrected chi connectivity index (χ3v) is 3.97. The molecule has 1 aromatic rings. The van der Waals surface area contributed by atoms with Gasteiger partial charge < -0.3 is 10.2 Å². The van der Waals surface area contributed by atoms with Crippen LogP contribution in [0.15, 0.2) is 24.3 Å². The summed E-state index contributed by atoms with van der Waals surface area (Å²) in [5.74, 6) is 0.754. The van der Waals surface area contributed by atoms with Crippen molar-refractivity contribution in [3.05, 3.63) is 35.4 Å². The van der Waals surface area contributed by atoms with Gasteiger partial charge in [-0.2, -0.15) is 0 Å². The van der Waals surface area contributed by atoms with Crippen LogP contribution >= 0.6 is 0 Å². The maximum Gasteiger partial charge on any atom is 0.0449 e. The van der Waals surface area contributed by atoms with E-state index >= 15 is 0 Å². The van der Waals surface area contributed by atoms with Crippen molar-refractivity contribution in [2.45, 2.75) is 53.1 Å². The molecule has 0 saturated carbocycles. The summed E-state index contributed by atoms with van der Waals surface area (Å²) in [6.45, 7) is 13.3. The van der Waals surface area contributed by atoms with Crippen LogP contribution in [0.4, 0.5) is 0 Å². The van der Waals surface area contributed by atoms with Crippen LogP contribution in [0.1, 0.15) is 51.3 Å². The first kappa shape index (κ1) is 17.2. The summed E-state index contributed by atoms with van der Waals surface area (Å²) in [7, 11) is 2.24. The van der Waals surface area contributed by atoms with E-state index in [1.54, 1.807) is 0 Å². The summed E-state index contributed by atoms with van der Waals surface area (Å²) in [6.07, 6.45) is 1.25. The molecule has 0 fully saturated rings. The Morgan fingerprint density at radius 3 is 2.20 bits per heavy atom. The van der Waals surface area contributed by atoms with Crippen molar-refractivity contribution in [2.75, 3.05) is 20.1 Å². The monoisotopic (exact) mass is 276 g/mol. The number of hydrogen-bond donors (Lipinski definition) is 1. The van der Waals surface area contributed by atoms with Gasteiger partial charge in [-0.1, -0.05) is 50.6 Å². The van der Waals surface area contributed by atoms with E-state index in [4.69, 9.17) is 0 Å². The molecule has 0 heterocycles. The molecule has 0 bridgehead atoms. The lowest BCUT2D eigenvalue weighted by Crippen LogP contribution is -2.38. The topological polar surface area (TPSA) is 15.3 Å². The number of nitrogens with one attached hydrogen (secondary N) is 1. The molecule has 0 saturated heterocycles. The SMILES string of the molecule is CCNC(CN(C)C(C)CC(C)C)c1ccc(C)cc1. The molecule has 0 aromatic heterocycles. The zero-order chi connectivity index (χ0) is 15.1. The normalized spacial score (nSPS) is 14.8. The van der Waals surface area contributed by atoms with Gasteiger partial charge in [-0.3, -0.25) is 0 Å². The van der Waals surface area contributed by atoms with E-state index in [2.05, 4.69) is 76.1 Å². The van der Waals surface area contributed by atoms with Crippen LogP contribution in [-0.4, -0.2) is 31.1 Å². The highest BCUT2D eigenvalue weighted by Crippen LogP contribution is 2.18. The fourth-order valence-electron chi connectivity index (χ4n) is 2.66. The van der Waals surface area contributed by atoms with Gasteiger partial charge in [0.1, 0.15) is 0 Å². The van der Waals surface area contributed by atoms with E-state index < -0.39 is 0 Å². The van der Waals surface area contributed by atoms with Crippen molar-refractivity contribution in [1.29, 1.82) is 0 Å². The van der Waals surface area contributed by atoms with Gasteiger partial charge in [0.05, 0.1) is 0 Å². The third-order valence-electron chi connectivity index (χ3n) is 3.97. The van der Waals surface area contributed by atoms with Crippen LogP contribution < -0.4 is 5.32 Å². The average molecular weight is 276 g/mol. The quantitative estimate of drug-likeness (QED) is 0.771. The lowest BCUT2D eigenvalue weighted by Gasteiger charge is -2.30. The second-order valence-electron chi connectivity index (χ2n) is 6.44. The highest BCUT2D eigenvalue weighted by molar-refractivity contribution is 5.24. The summed E-state index contributed by atoms with van der Waals surface area (Å²) in [5.41, 5.74) is 2.71. The van der Waals surface area contributed by atoms with Crippen LogP contribution in [0.3, 0.4) is 0 Å². The molecule has 2 unspecified atom stereocenters. The summed E-state index contributed by atoms with van der Waals surface area (Å²) in [5, 5.41) is 3.62. The largest absolute Gasteiger partial charge is 0.309 e. The maximum absolute atomic E-state index is 3.62. The molecule has 20 heavy (non-hydrogen) atoms. The highest BCUT2D eigenvalue weighted by Gasteiger charge is 2.17. The van der Waals surface area contributed by atoms with Gasteiger partial charge >= 0.3 is 0 Å². The van der Waals surface area contributed by atoms with E-state index in [1.165, 1.54) is 17.5 Å². The smallest absolute Gasteiger partial charge is 0.0449 e. The summed E-state index contributed by atoms with van der Waals surface area (Å²) in [6, 6.07) is 9.96. The lowest BCUT2D eigenvalue weighted by molar-refractivity contribution is 0.206. The number of nitrogens with zero attached hydrogens (tertiary/aromatic N) is 1. The molecule has 0 amide bonds. The molecule has 1 aromatic carbocycles. The fraction of sp³-hybridized carbons (Fsp3) is 0.667. The Morgan fingerprint density at radius 2 is 1.70 bits per heavy atom. The minimum Gasteiger partial charge on any atom is -0.309 e. The number of hydrogen-bond acceptors (Lipinski definition) is 2. The van der Waals surface area contributed by atoms with Gasteiger partial charge in [0, 0.05) is 18.6 Å². The van der Waals surface area contributed by atoms with Crippen LogP contribution in [0, 0.1) is 12.8 Å². The third kappa shape index (κ3) is 5.64. The standard InChI is InChI=1S/C18H32N2/c1-7-19-18(17-10-8-15(4)9-11-17)13-20(6)16(5)12-14(2)3/h8-11,14,16,18-19H,7,12-13H2,1-6H3. The van der Waals surface area contributed by atoms with Crippen molar-refractivity contribution < 1.29 is 0 Å². The van der Waals surface area contributed by atoms with Crippen molar-refractivity contribution in [2.24, 2.45) is 5.92 Å². The van der Waals surface area contributed by atoms with Gasteiger partial charge in [-0.25, -0.2) is 0 Å². The molecular formula is C18H32N2. The molecule has 1 N–H and O–H groups in total. The van der Waals surface area contributed by atoms with Crippen LogP contribution in [-0.2, 0) is 0 Å². The highest BCUT2D eigenvalue weighted by atomic mass is 15.1. The average Bonchev–Trinajstić information content (AvgIpc) is 2.38. The van der Waals surface area contributed by atoms with Crippen molar-refractivity contribution in [3.8, 4) is 0 Å². The van der Waals surface area contributed by atoms with Crippen LogP contribution in [0.5, 0.6) is 0 Å². The number of aryl methyl sites for hydroxylation is 1. The number of benzene rings is 1. The van der Waals surface area contributed by atoms with Gasteiger partial charge in [0.15, 0.2) is 0 Å². The minimum atomic E-state index is 0.417. The number of rotatable bonds is 8. The number of likely N-dealkylation sites (N-methyl/N-ethyl adjacent to an activating group) is 2. The van der Waals surface area contributed by atoms with E-state index in [0.29, 0.717) is 12.1 Å². The first-order valence-corrected chi connectivity index (χ1v) is 7.94. The van der Waals surface area contributed by atoms with E-state index in [1.807, 2.05) is 0 Å². The van der Waals surface area contributed by atoms with Crippen LogP contribution in [0.2, 0.25) is 0 Å². The summed E-state index contributed by atoms with van der Waals surface area (Å²) in [4.78, 5) is 2.48. The second-order valence-corrected chi connectivity index (χ2v) is 6.44. The van der Waals surface area contributed by atoms with Crippen LogP contribution in [0.25, 0.3) is 0 Å². The molecule has 0 aliphatic rings. The maximum atomic E-state index is 3.62. The van der Waals surface area contributed by atoms with Crippen molar-refractivity contribution in [1.82, 2.24) is 10.2 Å². The molecule has 0 aliphatic heterocycles. The first-order valence-electron chi connectivity index (χ1n) is 7.94. The molecule has 0 aliphatic carbocycles. The molecule has 0 spiro atoms. The van der Waals surface area contributed by atoms with E-state index in [9.17, 15) is 0 Å². The Balaban J connectivity index is 2.69. The Labute approximate surface area is 125 Å². The molecule has 2 heteroatoms. The lowest BCUT2D eigenvalue weighted by atomic mass is 10.0.